The van der Waals surface area contributed by atoms with Gasteiger partial charge in [-0.15, -0.1) is 0 Å². The molecule has 26 heavy (non-hydrogen) atoms. The zero-order chi connectivity index (χ0) is 18.6. The molecule has 0 spiro atoms. The lowest BCUT2D eigenvalue weighted by Gasteiger charge is -2.34. The molecule has 1 fully saturated rings. The molecular weight excluding hydrogens is 348 g/mol. The summed E-state index contributed by atoms with van der Waals surface area (Å²) in [7, 11) is -3.55. The van der Waals surface area contributed by atoms with Crippen molar-refractivity contribution < 1.29 is 8.42 Å². The Morgan fingerprint density at radius 1 is 1.27 bits per heavy atom. The van der Waals surface area contributed by atoms with Crippen LogP contribution in [0.5, 0.6) is 0 Å². The molecule has 2 heterocycles. The Morgan fingerprint density at radius 3 is 2.69 bits per heavy atom. The van der Waals surface area contributed by atoms with Crippen LogP contribution in [0.1, 0.15) is 38.2 Å². The highest BCUT2D eigenvalue weighted by Gasteiger charge is 2.32. The molecule has 1 aromatic heterocycles. The maximum Gasteiger partial charge on any atom is 0.243 e. The monoisotopic (exact) mass is 376 g/mol. The lowest BCUT2D eigenvalue weighted by Crippen LogP contribution is -2.47. The van der Waals surface area contributed by atoms with Crippen LogP contribution in [-0.2, 0) is 16.6 Å². The van der Waals surface area contributed by atoms with E-state index in [4.69, 9.17) is 0 Å². The van der Waals surface area contributed by atoms with Crippen molar-refractivity contribution in [1.82, 2.24) is 19.4 Å². The molecule has 6 nitrogen and oxygen atoms in total. The number of sulfonamides is 1. The van der Waals surface area contributed by atoms with Crippen LogP contribution in [0.2, 0.25) is 0 Å². The van der Waals surface area contributed by atoms with Crippen molar-refractivity contribution in [3.63, 3.8) is 0 Å². The largest absolute Gasteiger partial charge is 0.317 e. The SMILES string of the molecule is CC(C)c1cccc(S(=O)(=O)N(CCn2cccn2)C2CCNCC2)c1. The van der Waals surface area contributed by atoms with Gasteiger partial charge in [0.15, 0.2) is 0 Å². The summed E-state index contributed by atoms with van der Waals surface area (Å²) in [4.78, 5) is 0.391. The Labute approximate surface area is 156 Å². The molecule has 0 bridgehead atoms. The number of benzene rings is 1. The molecule has 0 aliphatic carbocycles. The van der Waals surface area contributed by atoms with Gasteiger partial charge >= 0.3 is 0 Å². The fraction of sp³-hybridized carbons (Fsp3) is 0.526. The summed E-state index contributed by atoms with van der Waals surface area (Å²) in [5.74, 6) is 0.293. The molecule has 1 aliphatic heterocycles. The van der Waals surface area contributed by atoms with Gasteiger partial charge in [0.1, 0.15) is 0 Å². The van der Waals surface area contributed by atoms with E-state index in [1.54, 1.807) is 21.3 Å². The van der Waals surface area contributed by atoms with Gasteiger partial charge in [-0.25, -0.2) is 8.42 Å². The molecule has 142 valence electrons. The molecule has 1 aliphatic rings. The van der Waals surface area contributed by atoms with E-state index in [-0.39, 0.29) is 6.04 Å². The van der Waals surface area contributed by atoms with Crippen LogP contribution in [0, 0.1) is 0 Å². The van der Waals surface area contributed by atoms with E-state index in [0.717, 1.165) is 31.5 Å². The molecule has 2 aromatic rings. The van der Waals surface area contributed by atoms with E-state index in [1.807, 2.05) is 30.5 Å². The predicted octanol–water partition coefficient (Wildman–Crippen LogP) is 2.45. The van der Waals surface area contributed by atoms with E-state index in [1.165, 1.54) is 0 Å². The van der Waals surface area contributed by atoms with Gasteiger partial charge in [-0.1, -0.05) is 26.0 Å². The third-order valence-corrected chi connectivity index (χ3v) is 6.90. The standard InChI is InChI=1S/C19H28N4O2S/c1-16(2)17-5-3-6-19(15-17)26(24,25)23(18-7-10-20-11-8-18)14-13-22-12-4-9-21-22/h3-6,9,12,15-16,18,20H,7-8,10-11,13-14H2,1-2H3. The van der Waals surface area contributed by atoms with E-state index >= 15 is 0 Å². The Morgan fingerprint density at radius 2 is 2.04 bits per heavy atom. The highest BCUT2D eigenvalue weighted by molar-refractivity contribution is 7.89. The molecule has 1 N–H and O–H groups in total. The second-order valence-electron chi connectivity index (χ2n) is 7.09. The average Bonchev–Trinajstić information content (AvgIpc) is 3.16. The van der Waals surface area contributed by atoms with Crippen LogP contribution in [0.4, 0.5) is 0 Å². The van der Waals surface area contributed by atoms with Crippen molar-refractivity contribution in [2.75, 3.05) is 19.6 Å². The smallest absolute Gasteiger partial charge is 0.243 e. The number of nitrogens with one attached hydrogen (secondary N) is 1. The third-order valence-electron chi connectivity index (χ3n) is 4.96. The van der Waals surface area contributed by atoms with Gasteiger partial charge in [0.25, 0.3) is 0 Å². The summed E-state index contributed by atoms with van der Waals surface area (Å²) in [6.07, 6.45) is 5.26. The maximum absolute atomic E-state index is 13.4. The second kappa shape index (κ2) is 8.33. The molecule has 0 radical (unpaired) electrons. The topological polar surface area (TPSA) is 67.2 Å². The minimum atomic E-state index is -3.55. The Kier molecular flexibility index (Phi) is 6.11. The van der Waals surface area contributed by atoms with E-state index in [9.17, 15) is 8.42 Å². The second-order valence-corrected chi connectivity index (χ2v) is 8.98. The minimum absolute atomic E-state index is 0.0273. The average molecular weight is 377 g/mol. The molecule has 0 amide bonds. The lowest BCUT2D eigenvalue weighted by atomic mass is 10.0. The van der Waals surface area contributed by atoms with E-state index < -0.39 is 10.0 Å². The third kappa shape index (κ3) is 4.34. The van der Waals surface area contributed by atoms with Crippen LogP contribution in [0.25, 0.3) is 0 Å². The van der Waals surface area contributed by atoms with Gasteiger partial charge < -0.3 is 5.32 Å². The van der Waals surface area contributed by atoms with Crippen LogP contribution in [0.15, 0.2) is 47.6 Å². The van der Waals surface area contributed by atoms with E-state index in [2.05, 4.69) is 24.3 Å². The molecule has 0 unspecified atom stereocenters. The van der Waals surface area contributed by atoms with Gasteiger partial charge in [0.2, 0.25) is 10.0 Å². The first-order chi connectivity index (χ1) is 12.5. The number of nitrogens with zero attached hydrogens (tertiary/aromatic N) is 3. The zero-order valence-electron chi connectivity index (χ0n) is 15.5. The number of hydrogen-bond acceptors (Lipinski definition) is 4. The first-order valence-electron chi connectivity index (χ1n) is 9.28. The lowest BCUT2D eigenvalue weighted by molar-refractivity contribution is 0.252. The summed E-state index contributed by atoms with van der Waals surface area (Å²) in [6, 6.07) is 9.25. The minimum Gasteiger partial charge on any atom is -0.317 e. The Hall–Kier alpha value is -1.70. The Bertz CT molecular complexity index is 797. The van der Waals surface area contributed by atoms with Crippen LogP contribution in [-0.4, -0.2) is 48.2 Å². The van der Waals surface area contributed by atoms with Gasteiger partial charge in [0.05, 0.1) is 11.4 Å². The fourth-order valence-electron chi connectivity index (χ4n) is 3.40. The van der Waals surface area contributed by atoms with Crippen molar-refractivity contribution in [3.8, 4) is 0 Å². The number of piperidine rings is 1. The van der Waals surface area contributed by atoms with E-state index in [0.29, 0.717) is 23.9 Å². The van der Waals surface area contributed by atoms with Crippen molar-refractivity contribution in [2.24, 2.45) is 0 Å². The van der Waals surface area contributed by atoms with Crippen molar-refractivity contribution in [1.29, 1.82) is 0 Å². The van der Waals surface area contributed by atoms with Gasteiger partial charge in [-0.3, -0.25) is 4.68 Å². The van der Waals surface area contributed by atoms with Gasteiger partial charge in [-0.05, 0) is 55.6 Å². The van der Waals surface area contributed by atoms with Crippen LogP contribution in [0.3, 0.4) is 0 Å². The van der Waals surface area contributed by atoms with Crippen LogP contribution < -0.4 is 5.32 Å². The Balaban J connectivity index is 1.89. The molecule has 1 aromatic carbocycles. The predicted molar refractivity (Wildman–Crippen MR) is 103 cm³/mol. The highest BCUT2D eigenvalue weighted by atomic mass is 32.2. The van der Waals surface area contributed by atoms with Crippen molar-refractivity contribution in [3.05, 3.63) is 48.3 Å². The summed E-state index contributed by atoms with van der Waals surface area (Å²) < 4.78 is 30.4. The first-order valence-corrected chi connectivity index (χ1v) is 10.7. The summed E-state index contributed by atoms with van der Waals surface area (Å²) in [6.45, 7) is 6.84. The highest BCUT2D eigenvalue weighted by Crippen LogP contribution is 2.25. The van der Waals surface area contributed by atoms with Crippen molar-refractivity contribution in [2.45, 2.75) is 50.1 Å². The molecule has 0 atom stereocenters. The van der Waals surface area contributed by atoms with Gasteiger partial charge in [-0.2, -0.15) is 9.40 Å². The fourth-order valence-corrected chi connectivity index (χ4v) is 5.13. The molecular formula is C19H28N4O2S. The molecule has 7 heteroatoms. The number of hydrogen-bond donors (Lipinski definition) is 1. The summed E-state index contributed by atoms with van der Waals surface area (Å²) in [5, 5.41) is 7.52. The van der Waals surface area contributed by atoms with Crippen molar-refractivity contribution >= 4 is 10.0 Å². The van der Waals surface area contributed by atoms with Gasteiger partial charge in [0, 0.05) is 25.0 Å². The maximum atomic E-state index is 13.4. The number of aromatic nitrogens is 2. The summed E-state index contributed by atoms with van der Waals surface area (Å²) >= 11 is 0. The molecule has 1 saturated heterocycles. The molecule has 0 saturated carbocycles. The first kappa shape index (κ1) is 19.1. The number of rotatable bonds is 7. The summed E-state index contributed by atoms with van der Waals surface area (Å²) in [5.41, 5.74) is 1.04. The normalized spacial score (nSPS) is 16.5. The quantitative estimate of drug-likeness (QED) is 0.806. The zero-order valence-corrected chi connectivity index (χ0v) is 16.3. The van der Waals surface area contributed by atoms with Crippen LogP contribution >= 0.6 is 0 Å². The molecule has 3 rings (SSSR count).